The second-order valence-corrected chi connectivity index (χ2v) is 5.37. The highest BCUT2D eigenvalue weighted by Gasteiger charge is 2.25. The molecule has 1 heterocycles. The Morgan fingerprint density at radius 2 is 2.06 bits per heavy atom. The maximum Gasteiger partial charge on any atom is 0.0647 e. The van der Waals surface area contributed by atoms with Crippen LogP contribution in [-0.4, -0.2) is 11.0 Å². The third-order valence-electron chi connectivity index (χ3n) is 3.92. The summed E-state index contributed by atoms with van der Waals surface area (Å²) in [6.45, 7) is 0. The second-order valence-electron chi connectivity index (χ2n) is 4.96. The van der Waals surface area contributed by atoms with Gasteiger partial charge in [-0.1, -0.05) is 36.6 Å². The molecule has 0 bridgehead atoms. The first kappa shape index (κ1) is 11.1. The van der Waals surface area contributed by atoms with Gasteiger partial charge in [0.25, 0.3) is 0 Å². The van der Waals surface area contributed by atoms with Crippen molar-refractivity contribution in [3.8, 4) is 0 Å². The summed E-state index contributed by atoms with van der Waals surface area (Å²) in [6.07, 6.45) is 6.97. The van der Waals surface area contributed by atoms with Crippen molar-refractivity contribution in [2.75, 3.05) is 0 Å². The SMILES string of the molecule is NC1CCCCC1c1c[nH]c2c(Cl)cccc12. The van der Waals surface area contributed by atoms with Crippen LogP contribution in [0.3, 0.4) is 0 Å². The number of halogens is 1. The quantitative estimate of drug-likeness (QED) is 0.792. The summed E-state index contributed by atoms with van der Waals surface area (Å²) < 4.78 is 0. The average molecular weight is 249 g/mol. The summed E-state index contributed by atoms with van der Waals surface area (Å²) in [4.78, 5) is 3.29. The number of nitrogens with one attached hydrogen (secondary N) is 1. The molecule has 3 N–H and O–H groups in total. The molecule has 1 aliphatic carbocycles. The molecule has 0 saturated heterocycles. The Morgan fingerprint density at radius 3 is 2.88 bits per heavy atom. The molecule has 0 radical (unpaired) electrons. The predicted molar refractivity (Wildman–Crippen MR) is 72.5 cm³/mol. The third kappa shape index (κ3) is 1.85. The van der Waals surface area contributed by atoms with Crippen LogP contribution >= 0.6 is 11.6 Å². The van der Waals surface area contributed by atoms with Gasteiger partial charge < -0.3 is 10.7 Å². The molecule has 3 heteroatoms. The maximum absolute atomic E-state index is 6.25. The van der Waals surface area contributed by atoms with Gasteiger partial charge in [-0.3, -0.25) is 0 Å². The van der Waals surface area contributed by atoms with Gasteiger partial charge in [0.2, 0.25) is 0 Å². The molecule has 1 aromatic carbocycles. The van der Waals surface area contributed by atoms with E-state index in [1.807, 2.05) is 12.1 Å². The minimum Gasteiger partial charge on any atom is -0.360 e. The minimum atomic E-state index is 0.293. The van der Waals surface area contributed by atoms with Gasteiger partial charge >= 0.3 is 0 Å². The number of nitrogens with two attached hydrogens (primary N) is 1. The lowest BCUT2D eigenvalue weighted by molar-refractivity contribution is 0.387. The molecule has 1 saturated carbocycles. The molecule has 1 aliphatic rings. The molecule has 1 aromatic heterocycles. The number of aromatic nitrogens is 1. The molecular formula is C14H17ClN2. The molecule has 0 aliphatic heterocycles. The van der Waals surface area contributed by atoms with E-state index in [0.717, 1.165) is 17.0 Å². The Kier molecular flexibility index (Phi) is 2.85. The molecule has 2 nitrogen and oxygen atoms in total. The van der Waals surface area contributed by atoms with E-state index in [4.69, 9.17) is 17.3 Å². The zero-order valence-corrected chi connectivity index (χ0v) is 10.5. The van der Waals surface area contributed by atoms with Crippen LogP contribution in [-0.2, 0) is 0 Å². The monoisotopic (exact) mass is 248 g/mol. The number of H-pyrrole nitrogens is 1. The Bertz CT molecular complexity index is 532. The predicted octanol–water partition coefficient (Wildman–Crippen LogP) is 3.81. The van der Waals surface area contributed by atoms with Crippen LogP contribution in [0.25, 0.3) is 10.9 Å². The summed E-state index contributed by atoms with van der Waals surface area (Å²) >= 11 is 6.18. The highest BCUT2D eigenvalue weighted by molar-refractivity contribution is 6.35. The molecular weight excluding hydrogens is 232 g/mol. The van der Waals surface area contributed by atoms with Gasteiger partial charge in [0.05, 0.1) is 10.5 Å². The van der Waals surface area contributed by atoms with Crippen molar-refractivity contribution >= 4 is 22.5 Å². The fraction of sp³-hybridized carbons (Fsp3) is 0.429. The van der Waals surface area contributed by atoms with E-state index in [0.29, 0.717) is 12.0 Å². The number of aromatic amines is 1. The lowest BCUT2D eigenvalue weighted by atomic mass is 9.80. The van der Waals surface area contributed by atoms with E-state index in [-0.39, 0.29) is 0 Å². The van der Waals surface area contributed by atoms with Gasteiger partial charge in [-0.25, -0.2) is 0 Å². The summed E-state index contributed by atoms with van der Waals surface area (Å²) in [7, 11) is 0. The Hall–Kier alpha value is -0.990. The van der Waals surface area contributed by atoms with Crippen molar-refractivity contribution in [1.29, 1.82) is 0 Å². The molecule has 17 heavy (non-hydrogen) atoms. The van der Waals surface area contributed by atoms with Crippen molar-refractivity contribution in [1.82, 2.24) is 4.98 Å². The zero-order valence-electron chi connectivity index (χ0n) is 9.75. The molecule has 2 unspecified atom stereocenters. The van der Waals surface area contributed by atoms with Crippen LogP contribution in [0.5, 0.6) is 0 Å². The highest BCUT2D eigenvalue weighted by atomic mass is 35.5. The molecule has 0 amide bonds. The Balaban J connectivity index is 2.08. The number of fused-ring (bicyclic) bond motifs is 1. The summed E-state index contributed by atoms with van der Waals surface area (Å²) in [5, 5.41) is 2.03. The first-order valence-electron chi connectivity index (χ1n) is 6.28. The van der Waals surface area contributed by atoms with Gasteiger partial charge in [0, 0.05) is 23.5 Å². The van der Waals surface area contributed by atoms with Crippen LogP contribution < -0.4 is 5.73 Å². The second kappa shape index (κ2) is 4.35. The van der Waals surface area contributed by atoms with E-state index in [9.17, 15) is 0 Å². The maximum atomic E-state index is 6.25. The lowest BCUT2D eigenvalue weighted by Crippen LogP contribution is -2.31. The molecule has 3 rings (SSSR count). The smallest absolute Gasteiger partial charge is 0.0647 e. The molecule has 90 valence electrons. The first-order valence-corrected chi connectivity index (χ1v) is 6.66. The third-order valence-corrected chi connectivity index (χ3v) is 4.23. The van der Waals surface area contributed by atoms with Crippen molar-refractivity contribution < 1.29 is 0 Å². The van der Waals surface area contributed by atoms with Crippen LogP contribution in [0.2, 0.25) is 5.02 Å². The lowest BCUT2D eigenvalue weighted by Gasteiger charge is -2.28. The van der Waals surface area contributed by atoms with Gasteiger partial charge in [-0.05, 0) is 24.5 Å². The molecule has 0 spiro atoms. The summed E-state index contributed by atoms with van der Waals surface area (Å²) in [6, 6.07) is 6.36. The van der Waals surface area contributed by atoms with E-state index in [2.05, 4.69) is 17.2 Å². The zero-order chi connectivity index (χ0) is 11.8. The van der Waals surface area contributed by atoms with Crippen LogP contribution in [0.1, 0.15) is 37.2 Å². The molecule has 2 aromatic rings. The van der Waals surface area contributed by atoms with E-state index in [1.165, 1.54) is 30.2 Å². The highest BCUT2D eigenvalue weighted by Crippen LogP contribution is 2.37. The largest absolute Gasteiger partial charge is 0.360 e. The van der Waals surface area contributed by atoms with E-state index >= 15 is 0 Å². The Labute approximate surface area is 106 Å². The molecule has 1 fully saturated rings. The van der Waals surface area contributed by atoms with Crippen molar-refractivity contribution in [2.24, 2.45) is 5.73 Å². The topological polar surface area (TPSA) is 41.8 Å². The van der Waals surface area contributed by atoms with Crippen molar-refractivity contribution in [3.05, 3.63) is 35.0 Å². The Morgan fingerprint density at radius 1 is 1.24 bits per heavy atom. The molecule has 2 atom stereocenters. The number of rotatable bonds is 1. The van der Waals surface area contributed by atoms with Gasteiger partial charge in [0.15, 0.2) is 0 Å². The minimum absolute atomic E-state index is 0.293. The van der Waals surface area contributed by atoms with E-state index < -0.39 is 0 Å². The van der Waals surface area contributed by atoms with Crippen LogP contribution in [0, 0.1) is 0 Å². The van der Waals surface area contributed by atoms with Gasteiger partial charge in [-0.15, -0.1) is 0 Å². The van der Waals surface area contributed by atoms with Gasteiger partial charge in [-0.2, -0.15) is 0 Å². The number of hydrogen-bond donors (Lipinski definition) is 2. The average Bonchev–Trinajstić information content (AvgIpc) is 2.75. The number of hydrogen-bond acceptors (Lipinski definition) is 1. The fourth-order valence-corrected chi connectivity index (χ4v) is 3.22. The van der Waals surface area contributed by atoms with Crippen molar-refractivity contribution in [3.63, 3.8) is 0 Å². The van der Waals surface area contributed by atoms with Crippen LogP contribution in [0.15, 0.2) is 24.4 Å². The summed E-state index contributed by atoms with van der Waals surface area (Å²) in [5.74, 6) is 0.482. The number of benzene rings is 1. The standard InChI is InChI=1S/C14H17ClN2/c15-12-6-3-5-10-11(8-17-14(10)12)9-4-1-2-7-13(9)16/h3,5-6,8-9,13,17H,1-2,4,7,16H2. The summed E-state index contributed by atoms with van der Waals surface area (Å²) in [5.41, 5.74) is 8.64. The normalized spacial score (nSPS) is 25.3. The van der Waals surface area contributed by atoms with Gasteiger partial charge in [0.1, 0.15) is 0 Å². The first-order chi connectivity index (χ1) is 8.27. The van der Waals surface area contributed by atoms with E-state index in [1.54, 1.807) is 0 Å². The van der Waals surface area contributed by atoms with Crippen molar-refractivity contribution in [2.45, 2.75) is 37.6 Å². The van der Waals surface area contributed by atoms with Crippen LogP contribution in [0.4, 0.5) is 0 Å². The fourth-order valence-electron chi connectivity index (χ4n) is 2.99. The number of para-hydroxylation sites is 1.